The number of hydrogen-bond acceptors (Lipinski definition) is 2. The minimum Gasteiger partial charge on any atom is -0.478 e. The standard InChI is InChI=1S/C15H13FN2O3/c16-13-8-11(6-7-12(13)14(19)20)18-15(21)17-9-10-4-2-1-3-5-10/h1-8H,9H2,(H,19,20)(H2,17,18,21). The number of benzene rings is 2. The molecule has 0 saturated carbocycles. The lowest BCUT2D eigenvalue weighted by molar-refractivity contribution is 0.0692. The van der Waals surface area contributed by atoms with Crippen LogP contribution in [0.5, 0.6) is 0 Å². The van der Waals surface area contributed by atoms with Gasteiger partial charge in [0.15, 0.2) is 0 Å². The van der Waals surface area contributed by atoms with Crippen molar-refractivity contribution in [3.63, 3.8) is 0 Å². The molecule has 0 bridgehead atoms. The summed E-state index contributed by atoms with van der Waals surface area (Å²) in [5, 5.41) is 13.8. The third kappa shape index (κ3) is 4.04. The van der Waals surface area contributed by atoms with Crippen LogP contribution in [0.1, 0.15) is 15.9 Å². The van der Waals surface area contributed by atoms with Gasteiger partial charge >= 0.3 is 12.0 Å². The van der Waals surface area contributed by atoms with Crippen LogP contribution in [-0.4, -0.2) is 17.1 Å². The Morgan fingerprint density at radius 1 is 1.10 bits per heavy atom. The van der Waals surface area contributed by atoms with E-state index in [1.807, 2.05) is 30.3 Å². The van der Waals surface area contributed by atoms with Crippen LogP contribution in [-0.2, 0) is 6.54 Å². The van der Waals surface area contributed by atoms with E-state index < -0.39 is 23.4 Å². The average molecular weight is 288 g/mol. The summed E-state index contributed by atoms with van der Waals surface area (Å²) < 4.78 is 13.4. The maximum Gasteiger partial charge on any atom is 0.338 e. The molecular weight excluding hydrogens is 275 g/mol. The van der Waals surface area contributed by atoms with Crippen molar-refractivity contribution in [1.29, 1.82) is 0 Å². The molecule has 2 aromatic carbocycles. The van der Waals surface area contributed by atoms with E-state index in [9.17, 15) is 14.0 Å². The lowest BCUT2D eigenvalue weighted by Gasteiger charge is -2.08. The van der Waals surface area contributed by atoms with Gasteiger partial charge in [-0.05, 0) is 23.8 Å². The van der Waals surface area contributed by atoms with Gasteiger partial charge in [-0.15, -0.1) is 0 Å². The van der Waals surface area contributed by atoms with E-state index in [2.05, 4.69) is 10.6 Å². The van der Waals surface area contributed by atoms with Gasteiger partial charge in [0.25, 0.3) is 0 Å². The van der Waals surface area contributed by atoms with E-state index in [-0.39, 0.29) is 5.69 Å². The largest absolute Gasteiger partial charge is 0.478 e. The van der Waals surface area contributed by atoms with Crippen molar-refractivity contribution in [2.45, 2.75) is 6.54 Å². The molecule has 0 aromatic heterocycles. The molecule has 0 radical (unpaired) electrons. The number of aromatic carboxylic acids is 1. The van der Waals surface area contributed by atoms with Crippen LogP contribution in [0.15, 0.2) is 48.5 Å². The maximum atomic E-state index is 13.4. The number of carboxylic acid groups (broad SMARTS) is 1. The van der Waals surface area contributed by atoms with Crippen molar-refractivity contribution >= 4 is 17.7 Å². The number of hydrogen-bond donors (Lipinski definition) is 3. The molecular formula is C15H13FN2O3. The van der Waals surface area contributed by atoms with Crippen LogP contribution in [0.2, 0.25) is 0 Å². The molecule has 2 rings (SSSR count). The van der Waals surface area contributed by atoms with Crippen LogP contribution < -0.4 is 10.6 Å². The zero-order valence-corrected chi connectivity index (χ0v) is 11.0. The molecule has 0 heterocycles. The van der Waals surface area contributed by atoms with Crippen LogP contribution in [0.3, 0.4) is 0 Å². The predicted molar refractivity (Wildman–Crippen MR) is 75.7 cm³/mol. The first-order valence-electron chi connectivity index (χ1n) is 6.18. The van der Waals surface area contributed by atoms with Crippen LogP contribution >= 0.6 is 0 Å². The molecule has 6 heteroatoms. The third-order valence-electron chi connectivity index (χ3n) is 2.75. The fourth-order valence-corrected chi connectivity index (χ4v) is 1.72. The minimum atomic E-state index is -1.35. The number of amides is 2. The molecule has 0 aliphatic carbocycles. The minimum absolute atomic E-state index is 0.183. The SMILES string of the molecule is O=C(NCc1ccccc1)Nc1ccc(C(=O)O)c(F)c1. The maximum absolute atomic E-state index is 13.4. The Morgan fingerprint density at radius 3 is 2.43 bits per heavy atom. The second kappa shape index (κ2) is 6.51. The summed E-state index contributed by atoms with van der Waals surface area (Å²) in [6.07, 6.45) is 0. The van der Waals surface area contributed by atoms with E-state index >= 15 is 0 Å². The Labute approximate surface area is 120 Å². The first-order valence-corrected chi connectivity index (χ1v) is 6.18. The molecule has 2 aromatic rings. The summed E-state index contributed by atoms with van der Waals surface area (Å²) in [5.41, 5.74) is 0.674. The zero-order chi connectivity index (χ0) is 15.2. The van der Waals surface area contributed by atoms with Gasteiger partial charge < -0.3 is 15.7 Å². The van der Waals surface area contributed by atoms with Crippen molar-refractivity contribution in [1.82, 2.24) is 5.32 Å². The van der Waals surface area contributed by atoms with Gasteiger partial charge in [0.2, 0.25) is 0 Å². The second-order valence-corrected chi connectivity index (χ2v) is 4.29. The lowest BCUT2D eigenvalue weighted by Crippen LogP contribution is -2.28. The summed E-state index contributed by atoms with van der Waals surface area (Å²) in [4.78, 5) is 22.3. The Morgan fingerprint density at radius 2 is 1.81 bits per heavy atom. The Balaban J connectivity index is 1.94. The first kappa shape index (κ1) is 14.5. The molecule has 0 aliphatic rings. The molecule has 0 unspecified atom stereocenters. The third-order valence-corrected chi connectivity index (χ3v) is 2.75. The van der Waals surface area contributed by atoms with Gasteiger partial charge in [-0.1, -0.05) is 30.3 Å². The second-order valence-electron chi connectivity index (χ2n) is 4.29. The molecule has 0 aliphatic heterocycles. The van der Waals surface area contributed by atoms with Crippen molar-refractivity contribution < 1.29 is 19.1 Å². The molecule has 5 nitrogen and oxygen atoms in total. The van der Waals surface area contributed by atoms with Gasteiger partial charge in [0.05, 0.1) is 5.56 Å². The number of urea groups is 1. The highest BCUT2D eigenvalue weighted by Gasteiger charge is 2.11. The number of anilines is 1. The number of carboxylic acids is 1. The highest BCUT2D eigenvalue weighted by atomic mass is 19.1. The summed E-state index contributed by atoms with van der Waals surface area (Å²) in [6, 6.07) is 12.2. The van der Waals surface area contributed by atoms with Gasteiger partial charge in [-0.25, -0.2) is 14.0 Å². The van der Waals surface area contributed by atoms with Crippen molar-refractivity contribution in [3.8, 4) is 0 Å². The number of rotatable bonds is 4. The summed E-state index contributed by atoms with van der Waals surface area (Å²) in [5.74, 6) is -2.25. The van der Waals surface area contributed by atoms with Crippen LogP contribution in [0.25, 0.3) is 0 Å². The smallest absolute Gasteiger partial charge is 0.338 e. The number of carbonyl (C=O) groups excluding carboxylic acids is 1. The fourth-order valence-electron chi connectivity index (χ4n) is 1.72. The van der Waals surface area contributed by atoms with Gasteiger partial charge in [-0.3, -0.25) is 0 Å². The van der Waals surface area contributed by atoms with E-state index in [1.54, 1.807) is 0 Å². The predicted octanol–water partition coefficient (Wildman–Crippen LogP) is 2.85. The van der Waals surface area contributed by atoms with E-state index in [0.29, 0.717) is 6.54 Å². The van der Waals surface area contributed by atoms with E-state index in [4.69, 9.17) is 5.11 Å². The number of halogens is 1. The van der Waals surface area contributed by atoms with Crippen LogP contribution in [0.4, 0.5) is 14.9 Å². The molecule has 3 N–H and O–H groups in total. The Kier molecular flexibility index (Phi) is 4.50. The van der Waals surface area contributed by atoms with E-state index in [1.165, 1.54) is 6.07 Å². The summed E-state index contributed by atoms with van der Waals surface area (Å²) in [6.45, 7) is 0.336. The zero-order valence-electron chi connectivity index (χ0n) is 11.0. The summed E-state index contributed by atoms with van der Waals surface area (Å²) >= 11 is 0. The van der Waals surface area contributed by atoms with Crippen LogP contribution in [0, 0.1) is 5.82 Å². The normalized spacial score (nSPS) is 9.95. The fraction of sp³-hybridized carbons (Fsp3) is 0.0667. The summed E-state index contributed by atoms with van der Waals surface area (Å²) in [7, 11) is 0. The molecule has 21 heavy (non-hydrogen) atoms. The monoisotopic (exact) mass is 288 g/mol. The van der Waals surface area contributed by atoms with Crippen molar-refractivity contribution in [2.24, 2.45) is 0 Å². The van der Waals surface area contributed by atoms with Crippen molar-refractivity contribution in [2.75, 3.05) is 5.32 Å². The average Bonchev–Trinajstić information content (AvgIpc) is 2.46. The molecule has 0 atom stereocenters. The van der Waals surface area contributed by atoms with Crippen molar-refractivity contribution in [3.05, 3.63) is 65.5 Å². The lowest BCUT2D eigenvalue weighted by atomic mass is 10.2. The van der Waals surface area contributed by atoms with Gasteiger partial charge in [0, 0.05) is 12.2 Å². The molecule has 0 spiro atoms. The quantitative estimate of drug-likeness (QED) is 0.809. The molecule has 0 fully saturated rings. The van der Waals surface area contributed by atoms with E-state index in [0.717, 1.165) is 17.7 Å². The Bertz CT molecular complexity index is 659. The molecule has 0 saturated heterocycles. The topological polar surface area (TPSA) is 78.4 Å². The Hall–Kier alpha value is -2.89. The van der Waals surface area contributed by atoms with Gasteiger partial charge in [-0.2, -0.15) is 0 Å². The first-order chi connectivity index (χ1) is 10.1. The highest BCUT2D eigenvalue weighted by Crippen LogP contribution is 2.14. The highest BCUT2D eigenvalue weighted by molar-refractivity contribution is 5.91. The van der Waals surface area contributed by atoms with Gasteiger partial charge in [0.1, 0.15) is 5.82 Å². The molecule has 2 amide bonds. The number of nitrogens with one attached hydrogen (secondary N) is 2. The number of carbonyl (C=O) groups is 2. The molecule has 108 valence electrons.